The van der Waals surface area contributed by atoms with E-state index >= 15 is 0 Å². The van der Waals surface area contributed by atoms with Gasteiger partial charge >= 0.3 is 0 Å². The quantitative estimate of drug-likeness (QED) is 0.661. The average molecular weight is 387 g/mol. The summed E-state index contributed by atoms with van der Waals surface area (Å²) < 4.78 is 0. The second-order valence-electron chi connectivity index (χ2n) is 7.22. The van der Waals surface area contributed by atoms with Crippen LogP contribution >= 0.6 is 0 Å². The Balaban J connectivity index is 1.72. The van der Waals surface area contributed by atoms with Crippen molar-refractivity contribution in [2.24, 2.45) is 0 Å². The SMILES string of the molecule is CCCC(=O)N1CCC[C@H]1c1nc(Nc2ccccc2)cc(-c2cccnc2)n1. The minimum atomic E-state index is -0.0815. The molecule has 148 valence electrons. The van der Waals surface area contributed by atoms with Crippen molar-refractivity contribution in [1.29, 1.82) is 0 Å². The minimum Gasteiger partial charge on any atom is -0.340 e. The molecule has 1 aromatic carbocycles. The molecule has 3 aromatic rings. The third kappa shape index (κ3) is 4.42. The van der Waals surface area contributed by atoms with Gasteiger partial charge in [-0.15, -0.1) is 0 Å². The molecule has 0 aliphatic carbocycles. The highest BCUT2D eigenvalue weighted by Gasteiger charge is 2.32. The summed E-state index contributed by atoms with van der Waals surface area (Å²) in [6.45, 7) is 2.80. The van der Waals surface area contributed by atoms with Crippen LogP contribution in [-0.2, 0) is 4.79 Å². The van der Waals surface area contributed by atoms with Gasteiger partial charge in [-0.1, -0.05) is 25.1 Å². The first-order valence-corrected chi connectivity index (χ1v) is 10.2. The molecule has 2 aromatic heterocycles. The van der Waals surface area contributed by atoms with E-state index in [0.717, 1.165) is 48.6 Å². The van der Waals surface area contributed by atoms with Gasteiger partial charge in [0.2, 0.25) is 5.91 Å². The largest absolute Gasteiger partial charge is 0.340 e. The fourth-order valence-electron chi connectivity index (χ4n) is 3.70. The molecule has 0 unspecified atom stereocenters. The van der Waals surface area contributed by atoms with Crippen molar-refractivity contribution in [3.05, 3.63) is 66.7 Å². The van der Waals surface area contributed by atoms with Gasteiger partial charge in [0.1, 0.15) is 5.82 Å². The van der Waals surface area contributed by atoms with Crippen molar-refractivity contribution < 1.29 is 4.79 Å². The molecule has 0 saturated carbocycles. The second-order valence-corrected chi connectivity index (χ2v) is 7.22. The van der Waals surface area contributed by atoms with E-state index in [4.69, 9.17) is 9.97 Å². The molecule has 3 heterocycles. The van der Waals surface area contributed by atoms with Crippen molar-refractivity contribution >= 4 is 17.4 Å². The molecular weight excluding hydrogens is 362 g/mol. The zero-order valence-corrected chi connectivity index (χ0v) is 16.6. The van der Waals surface area contributed by atoms with Gasteiger partial charge < -0.3 is 10.2 Å². The fraction of sp³-hybridized carbons (Fsp3) is 0.304. The van der Waals surface area contributed by atoms with Crippen LogP contribution in [0.25, 0.3) is 11.3 Å². The molecule has 1 fully saturated rings. The van der Waals surface area contributed by atoms with Crippen molar-refractivity contribution in [1.82, 2.24) is 19.9 Å². The lowest BCUT2D eigenvalue weighted by molar-refractivity contribution is -0.132. The van der Waals surface area contributed by atoms with Crippen LogP contribution in [0.5, 0.6) is 0 Å². The lowest BCUT2D eigenvalue weighted by atomic mass is 10.1. The predicted octanol–water partition coefficient (Wildman–Crippen LogP) is 4.75. The van der Waals surface area contributed by atoms with Crippen molar-refractivity contribution in [2.75, 3.05) is 11.9 Å². The Labute approximate surface area is 171 Å². The maximum atomic E-state index is 12.6. The van der Waals surface area contributed by atoms with Crippen molar-refractivity contribution in [3.63, 3.8) is 0 Å². The van der Waals surface area contributed by atoms with Gasteiger partial charge in [-0.25, -0.2) is 9.97 Å². The molecule has 29 heavy (non-hydrogen) atoms. The molecule has 1 aliphatic rings. The van der Waals surface area contributed by atoms with E-state index in [0.29, 0.717) is 12.2 Å². The molecular formula is C23H25N5O. The first-order valence-electron chi connectivity index (χ1n) is 10.2. The summed E-state index contributed by atoms with van der Waals surface area (Å²) in [5.74, 6) is 1.59. The number of rotatable bonds is 6. The number of hydrogen-bond acceptors (Lipinski definition) is 5. The molecule has 6 nitrogen and oxygen atoms in total. The van der Waals surface area contributed by atoms with E-state index in [9.17, 15) is 4.79 Å². The van der Waals surface area contributed by atoms with Gasteiger partial charge in [-0.3, -0.25) is 9.78 Å². The Morgan fingerprint density at radius 3 is 2.79 bits per heavy atom. The number of carbonyl (C=O) groups excluding carboxylic acids is 1. The summed E-state index contributed by atoms with van der Waals surface area (Å²) in [7, 11) is 0. The number of nitrogens with zero attached hydrogens (tertiary/aromatic N) is 4. The van der Waals surface area contributed by atoms with Crippen LogP contribution in [-0.4, -0.2) is 32.3 Å². The zero-order valence-electron chi connectivity index (χ0n) is 16.6. The lowest BCUT2D eigenvalue weighted by Gasteiger charge is -2.24. The number of para-hydroxylation sites is 1. The molecule has 4 rings (SSSR count). The highest BCUT2D eigenvalue weighted by molar-refractivity contribution is 5.77. The number of benzene rings is 1. The fourth-order valence-corrected chi connectivity index (χ4v) is 3.70. The Morgan fingerprint density at radius 2 is 2.03 bits per heavy atom. The number of aromatic nitrogens is 3. The Hall–Kier alpha value is -3.28. The summed E-state index contributed by atoms with van der Waals surface area (Å²) in [5, 5.41) is 3.37. The third-order valence-corrected chi connectivity index (χ3v) is 5.08. The van der Waals surface area contributed by atoms with Gasteiger partial charge in [0.25, 0.3) is 0 Å². The van der Waals surface area contributed by atoms with Crippen LogP contribution < -0.4 is 5.32 Å². The molecule has 1 saturated heterocycles. The highest BCUT2D eigenvalue weighted by Crippen LogP contribution is 2.33. The van der Waals surface area contributed by atoms with Crippen LogP contribution in [0.4, 0.5) is 11.5 Å². The maximum absolute atomic E-state index is 12.6. The topological polar surface area (TPSA) is 71.0 Å². The highest BCUT2D eigenvalue weighted by atomic mass is 16.2. The van der Waals surface area contributed by atoms with Crippen molar-refractivity contribution in [3.8, 4) is 11.3 Å². The van der Waals surface area contributed by atoms with Gasteiger partial charge in [-0.05, 0) is 43.5 Å². The number of hydrogen-bond donors (Lipinski definition) is 1. The molecule has 6 heteroatoms. The van der Waals surface area contributed by atoms with Gasteiger partial charge in [-0.2, -0.15) is 0 Å². The second kappa shape index (κ2) is 8.82. The summed E-state index contributed by atoms with van der Waals surface area (Å²) in [4.78, 5) is 28.4. The van der Waals surface area contributed by atoms with E-state index in [2.05, 4.69) is 10.3 Å². The predicted molar refractivity (Wildman–Crippen MR) is 114 cm³/mol. The Morgan fingerprint density at radius 1 is 1.17 bits per heavy atom. The minimum absolute atomic E-state index is 0.0815. The number of anilines is 2. The molecule has 1 amide bonds. The molecule has 0 spiro atoms. The number of carbonyl (C=O) groups is 1. The van der Waals surface area contributed by atoms with E-state index in [-0.39, 0.29) is 11.9 Å². The molecule has 0 bridgehead atoms. The van der Waals surface area contributed by atoms with Crippen molar-refractivity contribution in [2.45, 2.75) is 38.6 Å². The lowest BCUT2D eigenvalue weighted by Crippen LogP contribution is -2.31. The van der Waals surface area contributed by atoms with E-state index in [1.165, 1.54) is 0 Å². The van der Waals surface area contributed by atoms with Gasteiger partial charge in [0.05, 0.1) is 11.7 Å². The maximum Gasteiger partial charge on any atom is 0.223 e. The Kier molecular flexibility index (Phi) is 5.79. The van der Waals surface area contributed by atoms with E-state index in [1.54, 1.807) is 12.4 Å². The van der Waals surface area contributed by atoms with E-state index in [1.807, 2.05) is 60.4 Å². The zero-order chi connectivity index (χ0) is 20.1. The van der Waals surface area contributed by atoms with Gasteiger partial charge in [0, 0.05) is 42.7 Å². The monoisotopic (exact) mass is 387 g/mol. The molecule has 1 aliphatic heterocycles. The van der Waals surface area contributed by atoms with Crippen LogP contribution in [0.2, 0.25) is 0 Å². The first-order chi connectivity index (χ1) is 14.2. The summed E-state index contributed by atoms with van der Waals surface area (Å²) in [6, 6.07) is 15.7. The number of nitrogens with one attached hydrogen (secondary N) is 1. The summed E-state index contributed by atoms with van der Waals surface area (Å²) in [5.41, 5.74) is 2.69. The smallest absolute Gasteiger partial charge is 0.223 e. The molecule has 0 radical (unpaired) electrons. The molecule has 1 N–H and O–H groups in total. The van der Waals surface area contributed by atoms with Crippen LogP contribution in [0.3, 0.4) is 0 Å². The summed E-state index contributed by atoms with van der Waals surface area (Å²) >= 11 is 0. The standard InChI is InChI=1S/C23H25N5O/c1-2-8-22(29)28-14-7-12-20(28)23-26-19(17-9-6-13-24-16-17)15-21(27-23)25-18-10-4-3-5-11-18/h3-6,9-11,13,15-16,20H,2,7-8,12,14H2,1H3,(H,25,26,27)/t20-/m0/s1. The number of likely N-dealkylation sites (tertiary alicyclic amines) is 1. The third-order valence-electron chi connectivity index (χ3n) is 5.08. The first kappa shape index (κ1) is 19.1. The van der Waals surface area contributed by atoms with Crippen LogP contribution in [0, 0.1) is 0 Å². The molecule has 1 atom stereocenters. The number of amides is 1. The number of pyridine rings is 1. The van der Waals surface area contributed by atoms with Crippen LogP contribution in [0.1, 0.15) is 44.5 Å². The summed E-state index contributed by atoms with van der Waals surface area (Å²) in [6.07, 6.45) is 6.82. The van der Waals surface area contributed by atoms with E-state index < -0.39 is 0 Å². The van der Waals surface area contributed by atoms with Crippen LogP contribution in [0.15, 0.2) is 60.9 Å². The normalized spacial score (nSPS) is 16.0. The Bertz CT molecular complexity index is 962. The van der Waals surface area contributed by atoms with Gasteiger partial charge in [0.15, 0.2) is 5.82 Å². The average Bonchev–Trinajstić information content (AvgIpc) is 3.25.